The van der Waals surface area contributed by atoms with E-state index in [2.05, 4.69) is 29.6 Å². The lowest BCUT2D eigenvalue weighted by molar-refractivity contribution is -0.188. The second kappa shape index (κ2) is 13.3. The number of benzene rings is 2. The first-order valence-electron chi connectivity index (χ1n) is 14.5. The second-order valence-corrected chi connectivity index (χ2v) is 11.6. The van der Waals surface area contributed by atoms with E-state index in [9.17, 15) is 19.2 Å². The Labute approximate surface area is 242 Å². The number of carbonyl (C=O) groups excluding carboxylic acids is 4. The monoisotopic (exact) mass is 563 g/mol. The van der Waals surface area contributed by atoms with Gasteiger partial charge in [0.15, 0.2) is 6.04 Å². The molecule has 2 aromatic carbocycles. The molecule has 2 aliphatic heterocycles. The van der Waals surface area contributed by atoms with E-state index in [1.165, 1.54) is 10.0 Å². The van der Waals surface area contributed by atoms with Gasteiger partial charge >= 0.3 is 11.9 Å². The lowest BCUT2D eigenvalue weighted by Crippen LogP contribution is -2.63. The molecule has 0 aromatic heterocycles. The molecule has 4 rings (SSSR count). The highest BCUT2D eigenvalue weighted by molar-refractivity contribution is 5.92. The molecule has 2 aromatic rings. The Morgan fingerprint density at radius 3 is 2.34 bits per heavy atom. The van der Waals surface area contributed by atoms with E-state index in [0.717, 1.165) is 16.7 Å². The molecule has 0 spiro atoms. The van der Waals surface area contributed by atoms with E-state index in [1.807, 2.05) is 30.3 Å². The van der Waals surface area contributed by atoms with Crippen LogP contribution in [-0.2, 0) is 35.1 Å². The van der Waals surface area contributed by atoms with Crippen molar-refractivity contribution >= 4 is 23.8 Å². The van der Waals surface area contributed by atoms with Crippen molar-refractivity contribution in [2.45, 2.75) is 89.9 Å². The first-order chi connectivity index (χ1) is 19.6. The van der Waals surface area contributed by atoms with Gasteiger partial charge in [0.2, 0.25) is 5.91 Å². The topological polar surface area (TPSA) is 105 Å². The fraction of sp³-hybridized carbons (Fsp3) is 0.500. The lowest BCUT2D eigenvalue weighted by Gasteiger charge is -2.43. The van der Waals surface area contributed by atoms with Gasteiger partial charge in [-0.2, -0.15) is 0 Å². The molecule has 2 fully saturated rings. The number of hydrazine groups is 1. The van der Waals surface area contributed by atoms with Gasteiger partial charge in [-0.25, -0.2) is 9.80 Å². The van der Waals surface area contributed by atoms with Gasteiger partial charge in [0, 0.05) is 13.0 Å². The van der Waals surface area contributed by atoms with Gasteiger partial charge in [0.05, 0.1) is 12.6 Å². The minimum atomic E-state index is -0.897. The predicted molar refractivity (Wildman–Crippen MR) is 154 cm³/mol. The molecule has 9 nitrogen and oxygen atoms in total. The highest BCUT2D eigenvalue weighted by Crippen LogP contribution is 2.27. The Bertz CT molecular complexity index is 1220. The largest absolute Gasteiger partial charge is 0.465 e. The molecular weight excluding hydrogens is 522 g/mol. The summed E-state index contributed by atoms with van der Waals surface area (Å²) in [6.45, 7) is 7.61. The zero-order valence-electron chi connectivity index (χ0n) is 24.4. The van der Waals surface area contributed by atoms with E-state index in [-0.39, 0.29) is 25.4 Å². The zero-order chi connectivity index (χ0) is 29.6. The van der Waals surface area contributed by atoms with E-state index >= 15 is 0 Å². The van der Waals surface area contributed by atoms with Gasteiger partial charge < -0.3 is 9.47 Å². The summed E-state index contributed by atoms with van der Waals surface area (Å²) in [7, 11) is 0. The van der Waals surface area contributed by atoms with Crippen molar-refractivity contribution in [3.63, 3.8) is 0 Å². The van der Waals surface area contributed by atoms with Crippen molar-refractivity contribution < 1.29 is 28.7 Å². The van der Waals surface area contributed by atoms with E-state index in [0.29, 0.717) is 32.2 Å². The molecule has 0 aliphatic carbocycles. The lowest BCUT2D eigenvalue weighted by atomic mass is 9.99. The number of ether oxygens (including phenoxy) is 2. The van der Waals surface area contributed by atoms with Gasteiger partial charge in [-0.1, -0.05) is 54.6 Å². The summed E-state index contributed by atoms with van der Waals surface area (Å²) in [5.41, 5.74) is 2.55. The molecular formula is C32H41N3O6. The number of nitrogens with one attached hydrogen (secondary N) is 1. The summed E-state index contributed by atoms with van der Waals surface area (Å²) >= 11 is 0. The molecule has 2 heterocycles. The van der Waals surface area contributed by atoms with Crippen LogP contribution in [0.1, 0.15) is 65.4 Å². The number of rotatable bonds is 9. The van der Waals surface area contributed by atoms with Crippen LogP contribution in [0.2, 0.25) is 0 Å². The number of hydrogen-bond donors (Lipinski definition) is 1. The van der Waals surface area contributed by atoms with Crippen molar-refractivity contribution in [1.29, 1.82) is 0 Å². The third-order valence-corrected chi connectivity index (χ3v) is 7.30. The molecule has 220 valence electrons. The summed E-state index contributed by atoms with van der Waals surface area (Å²) in [6, 6.07) is 15.8. The first-order valence-corrected chi connectivity index (χ1v) is 14.5. The standard InChI is InChI=1S/C32H41N3O6/c1-5-40-30(38)26(18-15-22-13-16-24(17-14-22)23-10-7-6-8-11-23)33-25-19-20-28(36)34-21-9-12-27(35(34)29(25)37)31(39)41-32(2,3)4/h6-8,10-11,13-14,16-17,25-27,33H,5,9,12,15,18-21H2,1-4H3/t25-,26-,27-/m0/s1. The fourth-order valence-corrected chi connectivity index (χ4v) is 5.33. The third kappa shape index (κ3) is 7.73. The maximum absolute atomic E-state index is 13.9. The van der Waals surface area contributed by atoms with E-state index < -0.39 is 41.6 Å². The zero-order valence-corrected chi connectivity index (χ0v) is 24.4. The van der Waals surface area contributed by atoms with Gasteiger partial charge in [0.1, 0.15) is 11.6 Å². The quantitative estimate of drug-likeness (QED) is 0.459. The van der Waals surface area contributed by atoms with E-state index in [1.54, 1.807) is 27.7 Å². The minimum absolute atomic E-state index is 0.122. The van der Waals surface area contributed by atoms with Crippen LogP contribution in [0.15, 0.2) is 54.6 Å². The summed E-state index contributed by atoms with van der Waals surface area (Å²) < 4.78 is 10.9. The number of aryl methyl sites for hydroxylation is 1. The predicted octanol–water partition coefficient (Wildman–Crippen LogP) is 4.05. The smallest absolute Gasteiger partial charge is 0.331 e. The van der Waals surface area contributed by atoms with Gasteiger partial charge in [-0.05, 0) is 76.5 Å². The molecule has 2 aliphatic rings. The van der Waals surface area contributed by atoms with Crippen LogP contribution in [-0.4, -0.2) is 70.6 Å². The molecule has 1 N–H and O–H groups in total. The van der Waals surface area contributed by atoms with Gasteiger partial charge in [-0.15, -0.1) is 0 Å². The van der Waals surface area contributed by atoms with Crippen molar-refractivity contribution in [3.05, 3.63) is 60.2 Å². The molecule has 2 amide bonds. The van der Waals surface area contributed by atoms with Crippen LogP contribution in [0.3, 0.4) is 0 Å². The van der Waals surface area contributed by atoms with Crippen molar-refractivity contribution in [1.82, 2.24) is 15.3 Å². The maximum Gasteiger partial charge on any atom is 0.331 e. The Hall–Kier alpha value is -3.72. The number of hydrogen-bond acceptors (Lipinski definition) is 7. The van der Waals surface area contributed by atoms with Crippen LogP contribution >= 0.6 is 0 Å². The van der Waals surface area contributed by atoms with Crippen molar-refractivity contribution in [3.8, 4) is 11.1 Å². The van der Waals surface area contributed by atoms with Crippen LogP contribution in [0.5, 0.6) is 0 Å². The van der Waals surface area contributed by atoms with E-state index in [4.69, 9.17) is 9.47 Å². The van der Waals surface area contributed by atoms with Gasteiger partial charge in [-0.3, -0.25) is 24.7 Å². The van der Waals surface area contributed by atoms with Crippen LogP contribution < -0.4 is 5.32 Å². The average molecular weight is 564 g/mol. The number of esters is 2. The normalized spacial score (nSPS) is 20.2. The summed E-state index contributed by atoms with van der Waals surface area (Å²) in [4.78, 5) is 53.0. The van der Waals surface area contributed by atoms with Crippen LogP contribution in [0.4, 0.5) is 0 Å². The molecule has 0 radical (unpaired) electrons. The minimum Gasteiger partial charge on any atom is -0.465 e. The number of fused-ring (bicyclic) bond motifs is 1. The third-order valence-electron chi connectivity index (χ3n) is 7.30. The Morgan fingerprint density at radius 1 is 1.00 bits per heavy atom. The van der Waals surface area contributed by atoms with Crippen molar-refractivity contribution in [2.75, 3.05) is 13.2 Å². The molecule has 3 atom stereocenters. The van der Waals surface area contributed by atoms with Gasteiger partial charge in [0.25, 0.3) is 5.91 Å². The average Bonchev–Trinajstić information content (AvgIpc) is 3.07. The number of amides is 2. The highest BCUT2D eigenvalue weighted by atomic mass is 16.6. The highest BCUT2D eigenvalue weighted by Gasteiger charge is 2.46. The molecule has 0 unspecified atom stereocenters. The first kappa shape index (κ1) is 30.2. The van der Waals surface area contributed by atoms with Crippen LogP contribution in [0.25, 0.3) is 11.1 Å². The Morgan fingerprint density at radius 2 is 1.68 bits per heavy atom. The van der Waals surface area contributed by atoms with Crippen molar-refractivity contribution in [2.24, 2.45) is 0 Å². The number of carbonyl (C=O) groups is 4. The Kier molecular flexibility index (Phi) is 9.81. The second-order valence-electron chi connectivity index (χ2n) is 11.6. The summed E-state index contributed by atoms with van der Waals surface area (Å²) in [5, 5.41) is 5.86. The molecule has 9 heteroatoms. The SMILES string of the molecule is CCOC(=O)[C@H](CCc1ccc(-c2ccccc2)cc1)N[C@H]1CCC(=O)N2CCC[C@@H](C(=O)OC(C)(C)C)N2C1=O. The Balaban J connectivity index is 1.49. The molecule has 2 saturated heterocycles. The van der Waals surface area contributed by atoms with Crippen LogP contribution in [0, 0.1) is 0 Å². The fourth-order valence-electron chi connectivity index (χ4n) is 5.33. The summed E-state index contributed by atoms with van der Waals surface area (Å²) in [5.74, 6) is -1.61. The molecule has 0 saturated carbocycles. The number of nitrogens with zero attached hydrogens (tertiary/aromatic N) is 2. The molecule has 41 heavy (non-hydrogen) atoms. The maximum atomic E-state index is 13.9. The summed E-state index contributed by atoms with van der Waals surface area (Å²) in [6.07, 6.45) is 2.32. The molecule has 0 bridgehead atoms.